The number of rotatable bonds is 6. The van der Waals surface area contributed by atoms with Gasteiger partial charge in [-0.2, -0.15) is 0 Å². The fraction of sp³-hybridized carbons (Fsp3) is 0.414. The predicted octanol–water partition coefficient (Wildman–Crippen LogP) is 3.54. The quantitative estimate of drug-likeness (QED) is 0.615. The third kappa shape index (κ3) is 3.77. The van der Waals surface area contributed by atoms with Crippen molar-refractivity contribution in [3.05, 3.63) is 76.9 Å². The molecule has 7 heteroatoms. The highest BCUT2D eigenvalue weighted by atomic mass is 16.2. The molecule has 2 fully saturated rings. The van der Waals surface area contributed by atoms with Crippen molar-refractivity contribution in [2.24, 2.45) is 5.92 Å². The topological polar surface area (TPSA) is 81.8 Å². The molecule has 186 valence electrons. The second-order valence-corrected chi connectivity index (χ2v) is 10.6. The summed E-state index contributed by atoms with van der Waals surface area (Å²) in [6.45, 7) is 7.83. The monoisotopic (exact) mass is 484 g/mol. The number of hydrogen-bond acceptors (Lipinski definition) is 4. The molecule has 1 aliphatic carbocycles. The second kappa shape index (κ2) is 8.50. The number of aryl methyl sites for hydroxylation is 1. The Morgan fingerprint density at radius 3 is 2.67 bits per heavy atom. The summed E-state index contributed by atoms with van der Waals surface area (Å²) >= 11 is 0. The van der Waals surface area contributed by atoms with Gasteiger partial charge >= 0.3 is 6.03 Å². The predicted molar refractivity (Wildman–Crippen MR) is 137 cm³/mol. The molecule has 0 aromatic heterocycles. The number of nitrogens with zero attached hydrogens (tertiary/aromatic N) is 2. The van der Waals surface area contributed by atoms with Crippen molar-refractivity contribution in [2.45, 2.75) is 57.2 Å². The first-order valence-electron chi connectivity index (χ1n) is 13.0. The van der Waals surface area contributed by atoms with Crippen LogP contribution in [0.4, 0.5) is 4.79 Å². The van der Waals surface area contributed by atoms with Gasteiger partial charge in [-0.3, -0.25) is 14.9 Å². The van der Waals surface area contributed by atoms with Crippen molar-refractivity contribution in [1.29, 1.82) is 0 Å². The minimum atomic E-state index is -1.34. The number of hydrogen-bond donors (Lipinski definition) is 2. The molecule has 2 aromatic rings. The van der Waals surface area contributed by atoms with Crippen molar-refractivity contribution in [3.63, 3.8) is 0 Å². The zero-order valence-electron chi connectivity index (χ0n) is 20.7. The van der Waals surface area contributed by atoms with Gasteiger partial charge in [-0.25, -0.2) is 4.79 Å². The lowest BCUT2D eigenvalue weighted by Gasteiger charge is -2.40. The Balaban J connectivity index is 1.27. The molecule has 1 saturated heterocycles. The highest BCUT2D eigenvalue weighted by Gasteiger charge is 2.51. The van der Waals surface area contributed by atoms with Gasteiger partial charge in [0.15, 0.2) is 0 Å². The van der Waals surface area contributed by atoms with E-state index in [1.165, 1.54) is 16.7 Å². The Kier molecular flexibility index (Phi) is 5.39. The first-order chi connectivity index (χ1) is 17.4. The van der Waals surface area contributed by atoms with Crippen LogP contribution in [0.5, 0.6) is 0 Å². The van der Waals surface area contributed by atoms with Gasteiger partial charge in [0.05, 0.1) is 19.0 Å². The van der Waals surface area contributed by atoms with E-state index in [1.54, 1.807) is 0 Å². The number of urea groups is 1. The number of imide groups is 1. The van der Waals surface area contributed by atoms with Gasteiger partial charge in [0.2, 0.25) is 5.91 Å². The molecule has 3 heterocycles. The first kappa shape index (κ1) is 22.8. The average molecular weight is 485 g/mol. The molecule has 7 nitrogen and oxygen atoms in total. The zero-order valence-corrected chi connectivity index (χ0v) is 20.7. The van der Waals surface area contributed by atoms with Gasteiger partial charge < -0.3 is 15.1 Å². The van der Waals surface area contributed by atoms with E-state index in [1.807, 2.05) is 15.9 Å². The number of benzene rings is 2. The highest BCUT2D eigenvalue weighted by Crippen LogP contribution is 2.47. The summed E-state index contributed by atoms with van der Waals surface area (Å²) in [7, 11) is 0. The van der Waals surface area contributed by atoms with Crippen LogP contribution in [0.3, 0.4) is 0 Å². The summed E-state index contributed by atoms with van der Waals surface area (Å²) < 4.78 is 0. The van der Waals surface area contributed by atoms with Crippen molar-refractivity contribution in [2.75, 3.05) is 13.1 Å². The van der Waals surface area contributed by atoms with Crippen molar-refractivity contribution < 1.29 is 14.4 Å². The molecule has 4 amide bonds. The van der Waals surface area contributed by atoms with Crippen molar-refractivity contribution in [1.82, 2.24) is 20.4 Å². The van der Waals surface area contributed by atoms with E-state index in [9.17, 15) is 14.4 Å². The Morgan fingerprint density at radius 2 is 1.94 bits per heavy atom. The maximum Gasteiger partial charge on any atom is 0.322 e. The number of amides is 4. The molecule has 36 heavy (non-hydrogen) atoms. The smallest absolute Gasteiger partial charge is 0.322 e. The van der Waals surface area contributed by atoms with Gasteiger partial charge in [0.25, 0.3) is 5.91 Å². The van der Waals surface area contributed by atoms with Crippen LogP contribution in [-0.2, 0) is 29.0 Å². The molecule has 2 atom stereocenters. The van der Waals surface area contributed by atoms with E-state index < -0.39 is 17.5 Å². The van der Waals surface area contributed by atoms with Crippen LogP contribution in [0.15, 0.2) is 49.0 Å². The molecule has 0 bridgehead atoms. The van der Waals surface area contributed by atoms with Gasteiger partial charge in [-0.1, -0.05) is 49.9 Å². The van der Waals surface area contributed by atoms with Gasteiger partial charge in [-0.05, 0) is 59.9 Å². The van der Waals surface area contributed by atoms with Crippen LogP contribution in [0.1, 0.15) is 60.0 Å². The normalized spacial score (nSPS) is 24.9. The lowest BCUT2D eigenvalue weighted by atomic mass is 9.87. The molecular formula is C29H32N4O3. The molecule has 6 rings (SSSR count). The van der Waals surface area contributed by atoms with Crippen LogP contribution in [0.2, 0.25) is 0 Å². The van der Waals surface area contributed by atoms with Gasteiger partial charge in [0, 0.05) is 24.4 Å². The third-order valence-electron chi connectivity index (χ3n) is 8.29. The Labute approximate surface area is 211 Å². The van der Waals surface area contributed by atoms with Crippen LogP contribution in [0.25, 0.3) is 5.70 Å². The van der Waals surface area contributed by atoms with E-state index in [4.69, 9.17) is 0 Å². The Morgan fingerprint density at radius 1 is 1.14 bits per heavy atom. The Hall–Kier alpha value is -3.61. The van der Waals surface area contributed by atoms with Gasteiger partial charge in [-0.15, -0.1) is 0 Å². The van der Waals surface area contributed by atoms with E-state index in [-0.39, 0.29) is 24.9 Å². The molecular weight excluding hydrogens is 452 g/mol. The maximum atomic E-state index is 13.9. The van der Waals surface area contributed by atoms with E-state index in [2.05, 4.69) is 60.5 Å². The van der Waals surface area contributed by atoms with Crippen LogP contribution < -0.4 is 10.6 Å². The molecule has 3 aliphatic heterocycles. The minimum Gasteiger partial charge on any atom is -0.364 e. The number of nitrogens with one attached hydrogen (secondary N) is 2. The minimum absolute atomic E-state index is 0.0399. The first-order valence-corrected chi connectivity index (χ1v) is 13.0. The van der Waals surface area contributed by atoms with Crippen LogP contribution >= 0.6 is 0 Å². The zero-order chi connectivity index (χ0) is 25.0. The lowest BCUT2D eigenvalue weighted by molar-refractivity contribution is -0.139. The summed E-state index contributed by atoms with van der Waals surface area (Å²) in [4.78, 5) is 43.4. The standard InChI is InChI=1S/C29H32N4O3/c1-3-19-8-9-22-16-32(18(2)24(22)14-19)17-29(27(35)30-28(36)31-29)15-25(34)33-13-12-20-6-4-5-7-23(20)26(33)21-10-11-21/h4-9,14,21,26H,2-3,10-13,15-17H2,1H3,(H2,30,31,35,36). The molecule has 0 radical (unpaired) electrons. The number of carbonyl (C=O) groups excluding carboxylic acids is 3. The average Bonchev–Trinajstić information content (AvgIpc) is 3.62. The fourth-order valence-corrected chi connectivity index (χ4v) is 6.18. The van der Waals surface area contributed by atoms with E-state index >= 15 is 0 Å². The summed E-state index contributed by atoms with van der Waals surface area (Å²) in [6, 6.07) is 14.2. The molecule has 4 aliphatic rings. The van der Waals surface area contributed by atoms with Crippen molar-refractivity contribution in [3.8, 4) is 0 Å². The van der Waals surface area contributed by atoms with Crippen LogP contribution in [0, 0.1) is 5.92 Å². The molecule has 2 aromatic carbocycles. The summed E-state index contributed by atoms with van der Waals surface area (Å²) in [5.41, 5.74) is 5.46. The largest absolute Gasteiger partial charge is 0.364 e. The van der Waals surface area contributed by atoms with E-state index in [0.717, 1.165) is 42.5 Å². The summed E-state index contributed by atoms with van der Waals surface area (Å²) in [6.07, 6.45) is 3.87. The maximum absolute atomic E-state index is 13.9. The van der Waals surface area contributed by atoms with Crippen molar-refractivity contribution >= 4 is 23.5 Å². The van der Waals surface area contributed by atoms with Gasteiger partial charge in [0.1, 0.15) is 5.54 Å². The van der Waals surface area contributed by atoms with E-state index in [0.29, 0.717) is 19.0 Å². The summed E-state index contributed by atoms with van der Waals surface area (Å²) in [5, 5.41) is 5.22. The highest BCUT2D eigenvalue weighted by molar-refractivity contribution is 6.09. The lowest BCUT2D eigenvalue weighted by Crippen LogP contribution is -2.57. The fourth-order valence-electron chi connectivity index (χ4n) is 6.18. The number of carbonyl (C=O) groups is 3. The second-order valence-electron chi connectivity index (χ2n) is 10.6. The molecule has 0 spiro atoms. The summed E-state index contributed by atoms with van der Waals surface area (Å²) in [5.74, 6) is -0.0763. The molecule has 1 saturated carbocycles. The Bertz CT molecular complexity index is 1280. The number of fused-ring (bicyclic) bond motifs is 2. The third-order valence-corrected chi connectivity index (χ3v) is 8.29. The molecule has 2 unspecified atom stereocenters. The molecule has 2 N–H and O–H groups in total. The SMILES string of the molecule is C=C1c2cc(CC)ccc2CN1CC1(CC(=O)N2CCc3ccccc3C2C2CC2)NC(=O)NC1=O. The van der Waals surface area contributed by atoms with Crippen LogP contribution in [-0.4, -0.2) is 46.3 Å².